The maximum absolute atomic E-state index is 10.7. The molecule has 0 saturated carbocycles. The number of hydrogen-bond donors (Lipinski definition) is 2. The molecule has 19 heavy (non-hydrogen) atoms. The van der Waals surface area contributed by atoms with Crippen molar-refractivity contribution in [3.63, 3.8) is 0 Å². The Balaban J connectivity index is 1.89. The predicted octanol–water partition coefficient (Wildman–Crippen LogP) is 2.75. The predicted molar refractivity (Wildman–Crippen MR) is 75.5 cm³/mol. The molecule has 0 aliphatic heterocycles. The van der Waals surface area contributed by atoms with Crippen molar-refractivity contribution in [3.05, 3.63) is 51.0 Å². The van der Waals surface area contributed by atoms with E-state index < -0.39 is 5.97 Å². The lowest BCUT2D eigenvalue weighted by Crippen LogP contribution is -2.12. The van der Waals surface area contributed by atoms with E-state index in [1.165, 1.54) is 4.88 Å². The molecule has 1 aromatic carbocycles. The van der Waals surface area contributed by atoms with Crippen molar-refractivity contribution < 1.29 is 9.90 Å². The minimum atomic E-state index is -0.893. The van der Waals surface area contributed by atoms with Crippen LogP contribution in [0, 0.1) is 13.8 Å². The molecular weight excluding hydrogens is 260 g/mol. The summed E-state index contributed by atoms with van der Waals surface area (Å²) in [5, 5.41) is 13.2. The lowest BCUT2D eigenvalue weighted by Gasteiger charge is -2.04. The van der Waals surface area contributed by atoms with Crippen molar-refractivity contribution in [2.75, 3.05) is 0 Å². The Labute approximate surface area is 116 Å². The zero-order valence-corrected chi connectivity index (χ0v) is 11.8. The second-order valence-electron chi connectivity index (χ2n) is 4.35. The smallest absolute Gasteiger partial charge is 0.335 e. The Kier molecular flexibility index (Phi) is 4.29. The summed E-state index contributed by atoms with van der Waals surface area (Å²) in [6, 6.07) is 6.92. The maximum atomic E-state index is 10.7. The summed E-state index contributed by atoms with van der Waals surface area (Å²) >= 11 is 1.70. The molecule has 0 aliphatic rings. The van der Waals surface area contributed by atoms with Gasteiger partial charge in [0.2, 0.25) is 0 Å². The molecule has 0 radical (unpaired) electrons. The summed E-state index contributed by atoms with van der Waals surface area (Å²) in [5.41, 5.74) is 2.47. The average Bonchev–Trinajstić information content (AvgIpc) is 2.68. The summed E-state index contributed by atoms with van der Waals surface area (Å²) in [6.07, 6.45) is 0. The maximum Gasteiger partial charge on any atom is 0.335 e. The van der Waals surface area contributed by atoms with Crippen molar-refractivity contribution in [1.82, 2.24) is 10.3 Å². The van der Waals surface area contributed by atoms with Gasteiger partial charge in [0.1, 0.15) is 0 Å². The molecule has 5 heteroatoms. The second kappa shape index (κ2) is 5.95. The number of aromatic nitrogens is 1. The number of thiazole rings is 1. The van der Waals surface area contributed by atoms with Crippen LogP contribution in [0.3, 0.4) is 0 Å². The molecule has 0 aliphatic carbocycles. The summed E-state index contributed by atoms with van der Waals surface area (Å²) in [4.78, 5) is 16.4. The van der Waals surface area contributed by atoms with Gasteiger partial charge in [-0.1, -0.05) is 12.1 Å². The largest absolute Gasteiger partial charge is 0.478 e. The van der Waals surface area contributed by atoms with Gasteiger partial charge in [-0.2, -0.15) is 0 Å². The minimum absolute atomic E-state index is 0.317. The molecule has 0 unspecified atom stereocenters. The number of carbonyl (C=O) groups is 1. The van der Waals surface area contributed by atoms with Crippen molar-refractivity contribution >= 4 is 17.3 Å². The third kappa shape index (κ3) is 3.62. The van der Waals surface area contributed by atoms with E-state index in [1.54, 1.807) is 23.5 Å². The molecule has 0 spiro atoms. The van der Waals surface area contributed by atoms with Crippen LogP contribution < -0.4 is 5.32 Å². The molecule has 1 aromatic heterocycles. The van der Waals surface area contributed by atoms with Crippen LogP contribution in [-0.2, 0) is 13.1 Å². The quantitative estimate of drug-likeness (QED) is 0.881. The van der Waals surface area contributed by atoms with Crippen LogP contribution in [0.5, 0.6) is 0 Å². The summed E-state index contributed by atoms with van der Waals surface area (Å²) in [6.45, 7) is 5.53. The number of carboxylic acid groups (broad SMARTS) is 1. The van der Waals surface area contributed by atoms with Crippen molar-refractivity contribution in [2.45, 2.75) is 26.9 Å². The monoisotopic (exact) mass is 276 g/mol. The van der Waals surface area contributed by atoms with E-state index in [4.69, 9.17) is 5.11 Å². The van der Waals surface area contributed by atoms with Gasteiger partial charge in [0.25, 0.3) is 0 Å². The Morgan fingerprint density at radius 1 is 1.26 bits per heavy atom. The third-order valence-corrected chi connectivity index (χ3v) is 3.89. The fraction of sp³-hybridized carbons (Fsp3) is 0.286. The number of aryl methyl sites for hydroxylation is 2. The fourth-order valence-electron chi connectivity index (χ4n) is 1.82. The topological polar surface area (TPSA) is 62.2 Å². The first-order chi connectivity index (χ1) is 9.06. The molecule has 100 valence electrons. The van der Waals surface area contributed by atoms with Crippen LogP contribution in [0.2, 0.25) is 0 Å². The average molecular weight is 276 g/mol. The molecule has 0 saturated heterocycles. The van der Waals surface area contributed by atoms with E-state index in [1.807, 2.05) is 26.0 Å². The van der Waals surface area contributed by atoms with Crippen LogP contribution in [0.1, 0.15) is 31.5 Å². The van der Waals surface area contributed by atoms with E-state index in [9.17, 15) is 4.79 Å². The van der Waals surface area contributed by atoms with Crippen molar-refractivity contribution in [1.29, 1.82) is 0 Å². The van der Waals surface area contributed by atoms with E-state index in [0.29, 0.717) is 5.56 Å². The summed E-state index contributed by atoms with van der Waals surface area (Å²) < 4.78 is 0. The zero-order chi connectivity index (χ0) is 13.8. The summed E-state index contributed by atoms with van der Waals surface area (Å²) in [5.74, 6) is -0.893. The number of benzene rings is 1. The van der Waals surface area contributed by atoms with E-state index >= 15 is 0 Å². The van der Waals surface area contributed by atoms with Crippen LogP contribution in [0.4, 0.5) is 0 Å². The highest BCUT2D eigenvalue weighted by molar-refractivity contribution is 7.11. The van der Waals surface area contributed by atoms with Gasteiger partial charge in [-0.3, -0.25) is 0 Å². The molecule has 0 bridgehead atoms. The van der Waals surface area contributed by atoms with Gasteiger partial charge in [-0.25, -0.2) is 9.78 Å². The van der Waals surface area contributed by atoms with Gasteiger partial charge in [0.15, 0.2) is 0 Å². The van der Waals surface area contributed by atoms with E-state index in [0.717, 1.165) is 29.4 Å². The molecule has 0 amide bonds. The van der Waals surface area contributed by atoms with Gasteiger partial charge in [0.05, 0.1) is 16.3 Å². The van der Waals surface area contributed by atoms with Gasteiger partial charge < -0.3 is 10.4 Å². The standard InChI is InChI=1S/C14H16N2O2S/c1-9-13(19-10(2)16-9)8-15-7-11-3-5-12(6-4-11)14(17)18/h3-6,15H,7-8H2,1-2H3,(H,17,18). The Morgan fingerprint density at radius 3 is 2.47 bits per heavy atom. The molecule has 0 atom stereocenters. The van der Waals surface area contributed by atoms with E-state index in [2.05, 4.69) is 10.3 Å². The van der Waals surface area contributed by atoms with Crippen molar-refractivity contribution in [3.8, 4) is 0 Å². The Hall–Kier alpha value is -1.72. The van der Waals surface area contributed by atoms with Gasteiger partial charge in [-0.05, 0) is 31.5 Å². The second-order valence-corrected chi connectivity index (χ2v) is 5.63. The highest BCUT2D eigenvalue weighted by Gasteiger charge is 2.04. The van der Waals surface area contributed by atoms with Crippen LogP contribution in [-0.4, -0.2) is 16.1 Å². The molecule has 2 aromatic rings. The summed E-state index contributed by atoms with van der Waals surface area (Å²) in [7, 11) is 0. The number of hydrogen-bond acceptors (Lipinski definition) is 4. The van der Waals surface area contributed by atoms with Gasteiger partial charge in [0, 0.05) is 18.0 Å². The first kappa shape index (κ1) is 13.7. The number of carboxylic acids is 1. The molecule has 4 nitrogen and oxygen atoms in total. The highest BCUT2D eigenvalue weighted by atomic mass is 32.1. The number of aromatic carboxylic acids is 1. The Bertz CT molecular complexity index is 576. The third-order valence-electron chi connectivity index (χ3n) is 2.82. The molecular formula is C14H16N2O2S. The van der Waals surface area contributed by atoms with Crippen molar-refractivity contribution in [2.24, 2.45) is 0 Å². The van der Waals surface area contributed by atoms with Crippen LogP contribution in [0.25, 0.3) is 0 Å². The zero-order valence-electron chi connectivity index (χ0n) is 10.9. The number of nitrogens with zero attached hydrogens (tertiary/aromatic N) is 1. The molecule has 1 heterocycles. The van der Waals surface area contributed by atoms with Gasteiger partial charge >= 0.3 is 5.97 Å². The lowest BCUT2D eigenvalue weighted by molar-refractivity contribution is 0.0697. The molecule has 0 fully saturated rings. The normalized spacial score (nSPS) is 10.6. The SMILES string of the molecule is Cc1nc(C)c(CNCc2ccc(C(=O)O)cc2)s1. The van der Waals surface area contributed by atoms with Gasteiger partial charge in [-0.15, -0.1) is 11.3 Å². The minimum Gasteiger partial charge on any atom is -0.478 e. The lowest BCUT2D eigenvalue weighted by atomic mass is 10.1. The van der Waals surface area contributed by atoms with E-state index in [-0.39, 0.29) is 0 Å². The Morgan fingerprint density at radius 2 is 1.95 bits per heavy atom. The first-order valence-corrected chi connectivity index (χ1v) is 6.84. The van der Waals surface area contributed by atoms with Crippen LogP contribution >= 0.6 is 11.3 Å². The number of nitrogens with one attached hydrogen (secondary N) is 1. The highest BCUT2D eigenvalue weighted by Crippen LogP contribution is 2.16. The fourth-order valence-corrected chi connectivity index (χ4v) is 2.73. The molecule has 2 rings (SSSR count). The number of rotatable bonds is 5. The van der Waals surface area contributed by atoms with Crippen LogP contribution in [0.15, 0.2) is 24.3 Å². The first-order valence-electron chi connectivity index (χ1n) is 6.02. The molecule has 2 N–H and O–H groups in total.